The first-order chi connectivity index (χ1) is 14.1. The first kappa shape index (κ1) is 20.6. The van der Waals surface area contributed by atoms with Gasteiger partial charge in [-0.2, -0.15) is 0 Å². The third-order valence-corrected chi connectivity index (χ3v) is 5.14. The highest BCUT2D eigenvalue weighted by atomic mass is 16.2. The molecule has 1 aromatic heterocycles. The van der Waals surface area contributed by atoms with Crippen LogP contribution in [-0.4, -0.2) is 47.5 Å². The van der Waals surface area contributed by atoms with Crippen molar-refractivity contribution in [1.82, 2.24) is 20.1 Å². The predicted molar refractivity (Wildman–Crippen MR) is 115 cm³/mol. The number of nitrogens with one attached hydrogen (secondary N) is 2. The van der Waals surface area contributed by atoms with Crippen LogP contribution in [0.4, 0.5) is 0 Å². The summed E-state index contributed by atoms with van der Waals surface area (Å²) < 4.78 is 1.69. The van der Waals surface area contributed by atoms with Crippen molar-refractivity contribution in [2.75, 3.05) is 20.1 Å². The molecule has 154 valence electrons. The van der Waals surface area contributed by atoms with Crippen molar-refractivity contribution in [3.8, 4) is 0 Å². The van der Waals surface area contributed by atoms with Crippen LogP contribution in [0.3, 0.4) is 0 Å². The average molecular weight is 396 g/mol. The topological polar surface area (TPSA) is 78.7 Å². The van der Waals surface area contributed by atoms with Crippen molar-refractivity contribution >= 4 is 11.9 Å². The van der Waals surface area contributed by atoms with Crippen LogP contribution in [0, 0.1) is 0 Å². The van der Waals surface area contributed by atoms with E-state index in [9.17, 15) is 9.59 Å². The van der Waals surface area contributed by atoms with Crippen LogP contribution in [-0.2, 0) is 17.9 Å². The van der Waals surface area contributed by atoms with E-state index in [0.717, 1.165) is 36.6 Å². The van der Waals surface area contributed by atoms with Crippen molar-refractivity contribution in [3.05, 3.63) is 70.1 Å². The molecule has 1 unspecified atom stereocenters. The average Bonchev–Trinajstić information content (AvgIpc) is 3.21. The monoisotopic (exact) mass is 395 g/mol. The number of guanidine groups is 1. The molecular weight excluding hydrogens is 366 g/mol. The minimum atomic E-state index is -0.000711. The number of hydrogen-bond acceptors (Lipinski definition) is 3. The van der Waals surface area contributed by atoms with Gasteiger partial charge in [0.1, 0.15) is 0 Å². The molecule has 1 aromatic carbocycles. The zero-order valence-electron chi connectivity index (χ0n) is 17.1. The molecule has 1 aliphatic rings. The fourth-order valence-electron chi connectivity index (χ4n) is 3.45. The molecule has 29 heavy (non-hydrogen) atoms. The smallest absolute Gasteiger partial charge is 0.250 e. The van der Waals surface area contributed by atoms with Crippen LogP contribution in [0.15, 0.2) is 58.4 Å². The second kappa shape index (κ2) is 9.91. The minimum Gasteiger partial charge on any atom is -0.352 e. The second-order valence-corrected chi connectivity index (χ2v) is 7.23. The van der Waals surface area contributed by atoms with E-state index in [4.69, 9.17) is 0 Å². The van der Waals surface area contributed by atoms with Gasteiger partial charge in [-0.25, -0.2) is 0 Å². The van der Waals surface area contributed by atoms with Crippen LogP contribution < -0.4 is 16.2 Å². The summed E-state index contributed by atoms with van der Waals surface area (Å²) in [7, 11) is 1.75. The van der Waals surface area contributed by atoms with Gasteiger partial charge in [-0.3, -0.25) is 14.6 Å². The first-order valence-electron chi connectivity index (χ1n) is 10.1. The predicted octanol–water partition coefficient (Wildman–Crippen LogP) is 1.57. The van der Waals surface area contributed by atoms with Crippen molar-refractivity contribution in [2.45, 2.75) is 38.9 Å². The van der Waals surface area contributed by atoms with Gasteiger partial charge in [-0.1, -0.05) is 37.3 Å². The Hall–Kier alpha value is -3.09. The summed E-state index contributed by atoms with van der Waals surface area (Å²) in [6.07, 6.45) is 3.28. The molecule has 0 saturated carbocycles. The van der Waals surface area contributed by atoms with Gasteiger partial charge in [-0.05, 0) is 23.6 Å². The Balaban J connectivity index is 1.49. The van der Waals surface area contributed by atoms with Gasteiger partial charge >= 0.3 is 0 Å². The highest BCUT2D eigenvalue weighted by molar-refractivity contribution is 5.80. The van der Waals surface area contributed by atoms with Crippen molar-refractivity contribution in [2.24, 2.45) is 4.99 Å². The third-order valence-electron chi connectivity index (χ3n) is 5.14. The Bertz CT molecular complexity index is 904. The molecule has 2 aromatic rings. The summed E-state index contributed by atoms with van der Waals surface area (Å²) in [6, 6.07) is 13.6. The summed E-state index contributed by atoms with van der Waals surface area (Å²) in [5.41, 5.74) is 2.21. The lowest BCUT2D eigenvalue weighted by Crippen LogP contribution is -2.44. The number of aromatic nitrogens is 1. The van der Waals surface area contributed by atoms with Crippen LogP contribution in [0.1, 0.15) is 30.9 Å². The molecule has 1 fully saturated rings. The number of benzene rings is 1. The summed E-state index contributed by atoms with van der Waals surface area (Å²) >= 11 is 0. The first-order valence-corrected chi connectivity index (χ1v) is 10.1. The number of pyridine rings is 1. The van der Waals surface area contributed by atoms with Crippen molar-refractivity contribution in [3.63, 3.8) is 0 Å². The maximum Gasteiger partial charge on any atom is 0.250 e. The fourth-order valence-corrected chi connectivity index (χ4v) is 3.45. The van der Waals surface area contributed by atoms with E-state index < -0.39 is 0 Å². The Morgan fingerprint density at radius 3 is 2.62 bits per heavy atom. The molecule has 0 aliphatic carbocycles. The van der Waals surface area contributed by atoms with E-state index >= 15 is 0 Å². The van der Waals surface area contributed by atoms with Gasteiger partial charge in [0.15, 0.2) is 5.96 Å². The number of amides is 1. The van der Waals surface area contributed by atoms with Gasteiger partial charge in [0.2, 0.25) is 5.91 Å². The second-order valence-electron chi connectivity index (χ2n) is 7.23. The number of rotatable bonds is 6. The number of carbonyl (C=O) groups is 1. The van der Waals surface area contributed by atoms with Gasteiger partial charge < -0.3 is 20.1 Å². The summed E-state index contributed by atoms with van der Waals surface area (Å²) in [5, 5.41) is 6.73. The Morgan fingerprint density at radius 2 is 1.93 bits per heavy atom. The largest absolute Gasteiger partial charge is 0.352 e. The lowest BCUT2D eigenvalue weighted by atomic mass is 10.1. The molecule has 2 N–H and O–H groups in total. The van der Waals surface area contributed by atoms with E-state index in [1.54, 1.807) is 29.9 Å². The normalized spacial score (nSPS) is 16.7. The quantitative estimate of drug-likeness (QED) is 0.575. The Labute approximate surface area is 171 Å². The molecule has 1 atom stereocenters. The number of nitrogens with zero attached hydrogens (tertiary/aromatic N) is 3. The Morgan fingerprint density at radius 1 is 1.17 bits per heavy atom. The summed E-state index contributed by atoms with van der Waals surface area (Å²) in [6.45, 7) is 4.63. The lowest BCUT2D eigenvalue weighted by molar-refractivity contribution is -0.129. The standard InChI is InChI=1S/C22H29N5O2/c1-3-20(28)27-13-11-19(16-27)25-22(23-2)24-14-17-7-9-18(10-8-17)15-26-12-5-4-6-21(26)29/h4-10,12,19H,3,11,13-16H2,1-2H3,(H2,23,24,25). The van der Waals surface area contributed by atoms with Crippen molar-refractivity contribution in [1.29, 1.82) is 0 Å². The van der Waals surface area contributed by atoms with Crippen LogP contribution in [0.5, 0.6) is 0 Å². The lowest BCUT2D eigenvalue weighted by Gasteiger charge is -2.18. The summed E-state index contributed by atoms with van der Waals surface area (Å²) in [5.74, 6) is 0.941. The van der Waals surface area contributed by atoms with E-state index in [2.05, 4.69) is 27.8 Å². The van der Waals surface area contributed by atoms with E-state index in [0.29, 0.717) is 19.5 Å². The molecule has 2 heterocycles. The van der Waals surface area contributed by atoms with E-state index in [1.165, 1.54) is 0 Å². The highest BCUT2D eigenvalue weighted by Gasteiger charge is 2.25. The highest BCUT2D eigenvalue weighted by Crippen LogP contribution is 2.10. The molecule has 1 saturated heterocycles. The number of aliphatic imine (C=N–C) groups is 1. The third kappa shape index (κ3) is 5.70. The van der Waals surface area contributed by atoms with E-state index in [-0.39, 0.29) is 17.5 Å². The molecule has 1 aliphatic heterocycles. The molecule has 7 nitrogen and oxygen atoms in total. The number of carbonyl (C=O) groups excluding carboxylic acids is 1. The van der Waals surface area contributed by atoms with Crippen molar-refractivity contribution < 1.29 is 4.79 Å². The molecule has 0 spiro atoms. The van der Waals surface area contributed by atoms with Crippen LogP contribution >= 0.6 is 0 Å². The zero-order valence-corrected chi connectivity index (χ0v) is 17.1. The van der Waals surface area contributed by atoms with E-state index in [1.807, 2.05) is 30.0 Å². The molecule has 3 rings (SSSR count). The SMILES string of the molecule is CCC(=O)N1CCC(NC(=NC)NCc2ccc(Cn3ccccc3=O)cc2)C1. The minimum absolute atomic E-state index is 0.000711. The molecule has 1 amide bonds. The number of hydrogen-bond donors (Lipinski definition) is 2. The maximum absolute atomic E-state index is 11.8. The van der Waals surface area contributed by atoms with Gasteiger partial charge in [0.25, 0.3) is 5.56 Å². The molecular formula is C22H29N5O2. The molecule has 0 radical (unpaired) electrons. The van der Waals surface area contributed by atoms with Gasteiger partial charge in [0.05, 0.1) is 6.54 Å². The number of likely N-dealkylation sites (tertiary alicyclic amines) is 1. The molecule has 0 bridgehead atoms. The summed E-state index contributed by atoms with van der Waals surface area (Å²) in [4.78, 5) is 29.8. The van der Waals surface area contributed by atoms with Gasteiger partial charge in [-0.15, -0.1) is 0 Å². The van der Waals surface area contributed by atoms with Crippen LogP contribution in [0.25, 0.3) is 0 Å². The maximum atomic E-state index is 11.8. The fraction of sp³-hybridized carbons (Fsp3) is 0.409. The van der Waals surface area contributed by atoms with Crippen LogP contribution in [0.2, 0.25) is 0 Å². The molecule has 7 heteroatoms. The zero-order chi connectivity index (χ0) is 20.6. The van der Waals surface area contributed by atoms with Gasteiger partial charge in [0, 0.05) is 51.4 Å². The Kier molecular flexibility index (Phi) is 7.05.